The summed E-state index contributed by atoms with van der Waals surface area (Å²) in [5, 5.41) is 8.06. The summed E-state index contributed by atoms with van der Waals surface area (Å²) in [5.74, 6) is 0.512. The van der Waals surface area contributed by atoms with Gasteiger partial charge < -0.3 is 5.32 Å². The first-order valence-electron chi connectivity index (χ1n) is 6.77. The summed E-state index contributed by atoms with van der Waals surface area (Å²) in [5.41, 5.74) is 2.22. The molecular weight excluding hydrogens is 276 g/mol. The van der Waals surface area contributed by atoms with Crippen molar-refractivity contribution in [2.75, 3.05) is 5.32 Å². The lowest BCUT2D eigenvalue weighted by atomic mass is 10.1. The van der Waals surface area contributed by atoms with Crippen molar-refractivity contribution in [1.82, 2.24) is 0 Å². The molecular formula is C14H20N2O3S. The maximum Gasteiger partial charge on any atom is 0.238 e. The van der Waals surface area contributed by atoms with Crippen molar-refractivity contribution in [1.29, 1.82) is 0 Å². The Kier molecular flexibility index (Phi) is 4.15. The molecule has 20 heavy (non-hydrogen) atoms. The molecule has 1 aromatic carbocycles. The van der Waals surface area contributed by atoms with Gasteiger partial charge in [-0.3, -0.25) is 4.79 Å². The summed E-state index contributed by atoms with van der Waals surface area (Å²) in [6, 6.07) is 3.04. The summed E-state index contributed by atoms with van der Waals surface area (Å²) >= 11 is 0. The second-order valence-corrected chi connectivity index (χ2v) is 6.93. The Labute approximate surface area is 119 Å². The SMILES string of the molecule is CCc1cc(S(N)(=O)=O)cc(C)c1NC(=O)CC1CC1. The van der Waals surface area contributed by atoms with Crippen LogP contribution in [0.4, 0.5) is 5.69 Å². The van der Waals surface area contributed by atoms with Crippen molar-refractivity contribution in [2.45, 2.75) is 44.4 Å². The van der Waals surface area contributed by atoms with E-state index in [9.17, 15) is 13.2 Å². The molecule has 3 N–H and O–H groups in total. The third-order valence-electron chi connectivity index (χ3n) is 3.54. The van der Waals surface area contributed by atoms with Gasteiger partial charge in [0.2, 0.25) is 15.9 Å². The lowest BCUT2D eigenvalue weighted by molar-refractivity contribution is -0.116. The van der Waals surface area contributed by atoms with E-state index in [2.05, 4.69) is 5.32 Å². The van der Waals surface area contributed by atoms with Crippen LogP contribution in [0.3, 0.4) is 0 Å². The van der Waals surface area contributed by atoms with Crippen molar-refractivity contribution in [3.8, 4) is 0 Å². The first kappa shape index (κ1) is 15.0. The number of aryl methyl sites for hydroxylation is 2. The van der Waals surface area contributed by atoms with Crippen LogP contribution in [0.25, 0.3) is 0 Å². The molecule has 0 bridgehead atoms. The quantitative estimate of drug-likeness (QED) is 0.870. The summed E-state index contributed by atoms with van der Waals surface area (Å²) in [6.07, 6.45) is 3.41. The standard InChI is InChI=1S/C14H20N2O3S/c1-3-11-8-12(20(15,18)19)6-9(2)14(11)16-13(17)7-10-4-5-10/h6,8,10H,3-5,7H2,1-2H3,(H,16,17)(H2,15,18,19). The zero-order chi connectivity index (χ0) is 14.9. The number of primary sulfonamides is 1. The lowest BCUT2D eigenvalue weighted by Crippen LogP contribution is -2.17. The van der Waals surface area contributed by atoms with E-state index in [0.717, 1.165) is 24.0 Å². The minimum atomic E-state index is -3.72. The molecule has 0 unspecified atom stereocenters. The Morgan fingerprint density at radius 3 is 2.55 bits per heavy atom. The third kappa shape index (κ3) is 3.58. The van der Waals surface area contributed by atoms with Gasteiger partial charge in [0.1, 0.15) is 0 Å². The van der Waals surface area contributed by atoms with Crippen molar-refractivity contribution in [2.24, 2.45) is 11.1 Å². The number of rotatable bonds is 5. The van der Waals surface area contributed by atoms with Crippen LogP contribution in [-0.2, 0) is 21.2 Å². The van der Waals surface area contributed by atoms with E-state index in [0.29, 0.717) is 24.4 Å². The molecule has 1 amide bonds. The maximum atomic E-state index is 11.9. The van der Waals surface area contributed by atoms with E-state index in [1.54, 1.807) is 6.92 Å². The van der Waals surface area contributed by atoms with Gasteiger partial charge in [-0.2, -0.15) is 0 Å². The highest BCUT2D eigenvalue weighted by Gasteiger charge is 2.25. The van der Waals surface area contributed by atoms with Gasteiger partial charge in [-0.25, -0.2) is 13.6 Å². The third-order valence-corrected chi connectivity index (χ3v) is 4.43. The molecule has 0 heterocycles. The first-order valence-corrected chi connectivity index (χ1v) is 8.32. The summed E-state index contributed by atoms with van der Waals surface area (Å²) in [6.45, 7) is 3.69. The van der Waals surface area contributed by atoms with Gasteiger partial charge in [0.25, 0.3) is 0 Å². The highest BCUT2D eigenvalue weighted by molar-refractivity contribution is 7.89. The number of carbonyl (C=O) groups is 1. The van der Waals surface area contributed by atoms with Crippen LogP contribution < -0.4 is 10.5 Å². The molecule has 0 radical (unpaired) electrons. The number of carbonyl (C=O) groups excluding carboxylic acids is 1. The minimum Gasteiger partial charge on any atom is -0.326 e. The summed E-state index contributed by atoms with van der Waals surface area (Å²) in [7, 11) is -3.72. The van der Waals surface area contributed by atoms with Gasteiger partial charge in [-0.1, -0.05) is 6.92 Å². The van der Waals surface area contributed by atoms with Gasteiger partial charge in [-0.05, 0) is 55.4 Å². The number of nitrogens with one attached hydrogen (secondary N) is 1. The molecule has 0 spiro atoms. The second kappa shape index (κ2) is 5.54. The monoisotopic (exact) mass is 296 g/mol. The maximum absolute atomic E-state index is 11.9. The van der Waals surface area contributed by atoms with Crippen LogP contribution in [0.2, 0.25) is 0 Å². The molecule has 0 aliphatic heterocycles. The predicted octanol–water partition coefficient (Wildman–Crippen LogP) is 1.94. The van der Waals surface area contributed by atoms with Crippen LogP contribution in [0.5, 0.6) is 0 Å². The normalized spacial score (nSPS) is 15.2. The van der Waals surface area contributed by atoms with Crippen molar-refractivity contribution in [3.05, 3.63) is 23.3 Å². The molecule has 0 saturated heterocycles. The van der Waals surface area contributed by atoms with Crippen LogP contribution in [0, 0.1) is 12.8 Å². The number of hydrogen-bond acceptors (Lipinski definition) is 3. The topological polar surface area (TPSA) is 89.3 Å². The first-order chi connectivity index (χ1) is 9.31. The number of benzene rings is 1. The molecule has 5 nitrogen and oxygen atoms in total. The zero-order valence-corrected chi connectivity index (χ0v) is 12.6. The van der Waals surface area contributed by atoms with Gasteiger partial charge in [0.15, 0.2) is 0 Å². The Hall–Kier alpha value is -1.40. The van der Waals surface area contributed by atoms with E-state index in [1.807, 2.05) is 6.92 Å². The molecule has 0 aromatic heterocycles. The van der Waals surface area contributed by atoms with E-state index in [4.69, 9.17) is 5.14 Å². The Balaban J connectivity index is 2.29. The van der Waals surface area contributed by atoms with Crippen LogP contribution in [0.15, 0.2) is 17.0 Å². The lowest BCUT2D eigenvalue weighted by Gasteiger charge is -2.14. The molecule has 1 fully saturated rings. The Morgan fingerprint density at radius 1 is 1.40 bits per heavy atom. The van der Waals surface area contributed by atoms with Gasteiger partial charge in [-0.15, -0.1) is 0 Å². The van der Waals surface area contributed by atoms with E-state index >= 15 is 0 Å². The number of anilines is 1. The molecule has 1 aliphatic rings. The minimum absolute atomic E-state index is 0.00587. The fourth-order valence-electron chi connectivity index (χ4n) is 2.22. The molecule has 2 rings (SSSR count). The van der Waals surface area contributed by atoms with Crippen LogP contribution >= 0.6 is 0 Å². The van der Waals surface area contributed by atoms with E-state index in [-0.39, 0.29) is 10.8 Å². The molecule has 1 aromatic rings. The van der Waals surface area contributed by atoms with Crippen LogP contribution in [0.1, 0.15) is 37.3 Å². The fourth-order valence-corrected chi connectivity index (χ4v) is 2.87. The summed E-state index contributed by atoms with van der Waals surface area (Å²) in [4.78, 5) is 12.0. The van der Waals surface area contributed by atoms with Crippen LogP contribution in [-0.4, -0.2) is 14.3 Å². The van der Waals surface area contributed by atoms with Gasteiger partial charge in [0, 0.05) is 12.1 Å². The average molecular weight is 296 g/mol. The van der Waals surface area contributed by atoms with Gasteiger partial charge in [0.05, 0.1) is 4.90 Å². The van der Waals surface area contributed by atoms with Gasteiger partial charge >= 0.3 is 0 Å². The number of sulfonamides is 1. The molecule has 1 saturated carbocycles. The average Bonchev–Trinajstić information content (AvgIpc) is 3.13. The molecule has 0 atom stereocenters. The molecule has 110 valence electrons. The Morgan fingerprint density at radius 2 is 2.05 bits per heavy atom. The molecule has 6 heteroatoms. The number of amides is 1. The highest BCUT2D eigenvalue weighted by Crippen LogP contribution is 2.33. The summed E-state index contributed by atoms with van der Waals surface area (Å²) < 4.78 is 22.9. The van der Waals surface area contributed by atoms with Crippen molar-refractivity contribution < 1.29 is 13.2 Å². The van der Waals surface area contributed by atoms with E-state index < -0.39 is 10.0 Å². The largest absolute Gasteiger partial charge is 0.326 e. The highest BCUT2D eigenvalue weighted by atomic mass is 32.2. The zero-order valence-electron chi connectivity index (χ0n) is 11.8. The molecule has 1 aliphatic carbocycles. The Bertz CT molecular complexity index is 634. The van der Waals surface area contributed by atoms with Crippen molar-refractivity contribution in [3.63, 3.8) is 0 Å². The predicted molar refractivity (Wildman–Crippen MR) is 77.9 cm³/mol. The fraction of sp³-hybridized carbons (Fsp3) is 0.500. The second-order valence-electron chi connectivity index (χ2n) is 5.37. The number of hydrogen-bond donors (Lipinski definition) is 2. The number of nitrogens with two attached hydrogens (primary N) is 1. The smallest absolute Gasteiger partial charge is 0.238 e. The van der Waals surface area contributed by atoms with E-state index in [1.165, 1.54) is 12.1 Å². The van der Waals surface area contributed by atoms with Crippen molar-refractivity contribution >= 4 is 21.6 Å².